The highest BCUT2D eigenvalue weighted by molar-refractivity contribution is 5.88. The average molecular weight is 415 g/mol. The highest BCUT2D eigenvalue weighted by Gasteiger charge is 2.30. The highest BCUT2D eigenvalue weighted by atomic mass is 19.1. The summed E-state index contributed by atoms with van der Waals surface area (Å²) >= 11 is 0. The maximum atomic E-state index is 13.3. The molecule has 0 aromatic heterocycles. The molecule has 0 saturated carbocycles. The number of halogens is 1. The van der Waals surface area contributed by atoms with Crippen molar-refractivity contribution in [2.45, 2.75) is 59.2 Å². The van der Waals surface area contributed by atoms with E-state index in [0.717, 1.165) is 11.1 Å². The summed E-state index contributed by atoms with van der Waals surface area (Å²) in [5, 5.41) is 2.95. The predicted octanol–water partition coefficient (Wildman–Crippen LogP) is 4.24. The largest absolute Gasteiger partial charge is 0.484 e. The number of aryl methyl sites for hydroxylation is 1. The molecule has 0 fully saturated rings. The van der Waals surface area contributed by atoms with Crippen LogP contribution in [0, 0.1) is 12.7 Å². The smallest absolute Gasteiger partial charge is 0.261 e. The Morgan fingerprint density at radius 3 is 2.30 bits per heavy atom. The van der Waals surface area contributed by atoms with Gasteiger partial charge in [0.25, 0.3) is 5.91 Å². The molecule has 2 aromatic rings. The molecule has 0 saturated heterocycles. The van der Waals surface area contributed by atoms with Gasteiger partial charge in [-0.1, -0.05) is 37.3 Å². The number of hydrogen-bond donors (Lipinski definition) is 1. The lowest BCUT2D eigenvalue weighted by Crippen LogP contribution is -2.54. The molecular weight excluding hydrogens is 383 g/mol. The van der Waals surface area contributed by atoms with Gasteiger partial charge < -0.3 is 15.0 Å². The quantitative estimate of drug-likeness (QED) is 0.703. The van der Waals surface area contributed by atoms with Gasteiger partial charge in [0, 0.05) is 12.1 Å². The number of para-hydroxylation sites is 1. The third-order valence-electron chi connectivity index (χ3n) is 4.60. The van der Waals surface area contributed by atoms with Crippen LogP contribution in [0.25, 0.3) is 0 Å². The molecule has 30 heavy (non-hydrogen) atoms. The van der Waals surface area contributed by atoms with Crippen molar-refractivity contribution in [2.24, 2.45) is 0 Å². The summed E-state index contributed by atoms with van der Waals surface area (Å²) in [6.07, 6.45) is 0.444. The molecule has 2 rings (SSSR count). The number of nitrogens with zero attached hydrogens (tertiary/aromatic N) is 1. The summed E-state index contributed by atoms with van der Waals surface area (Å²) in [5.41, 5.74) is 1.24. The molecule has 1 N–H and O–H groups in total. The first kappa shape index (κ1) is 23.4. The molecule has 6 heteroatoms. The van der Waals surface area contributed by atoms with Crippen molar-refractivity contribution in [1.82, 2.24) is 10.2 Å². The molecule has 1 atom stereocenters. The number of carbonyl (C=O) groups is 2. The Labute approximate surface area is 178 Å². The van der Waals surface area contributed by atoms with Crippen LogP contribution in [0.15, 0.2) is 48.5 Å². The van der Waals surface area contributed by atoms with Gasteiger partial charge in [-0.25, -0.2) is 4.39 Å². The maximum absolute atomic E-state index is 13.3. The van der Waals surface area contributed by atoms with Gasteiger partial charge in [-0.05, 0) is 63.4 Å². The molecule has 0 unspecified atom stereocenters. The lowest BCUT2D eigenvalue weighted by molar-refractivity contribution is -0.143. The summed E-state index contributed by atoms with van der Waals surface area (Å²) in [5.74, 6) is -0.258. The monoisotopic (exact) mass is 414 g/mol. The highest BCUT2D eigenvalue weighted by Crippen LogP contribution is 2.18. The van der Waals surface area contributed by atoms with Crippen molar-refractivity contribution in [3.05, 3.63) is 65.5 Å². The van der Waals surface area contributed by atoms with Crippen molar-refractivity contribution in [2.75, 3.05) is 6.61 Å². The minimum absolute atomic E-state index is 0.187. The van der Waals surface area contributed by atoms with Gasteiger partial charge in [0.05, 0.1) is 0 Å². The van der Waals surface area contributed by atoms with Crippen LogP contribution in [0.3, 0.4) is 0 Å². The number of carbonyl (C=O) groups excluding carboxylic acids is 2. The molecular formula is C24H31FN2O3. The zero-order valence-corrected chi connectivity index (χ0v) is 18.4. The summed E-state index contributed by atoms with van der Waals surface area (Å²) in [6.45, 7) is 9.45. The van der Waals surface area contributed by atoms with E-state index in [1.54, 1.807) is 18.2 Å². The second-order valence-corrected chi connectivity index (χ2v) is 8.37. The topological polar surface area (TPSA) is 58.6 Å². The standard InChI is InChI=1S/C24H31FN2O3/c1-6-20(23(29)26-24(3,4)5)27(15-18-11-13-19(25)14-12-18)22(28)16-30-21-10-8-7-9-17(21)2/h7-14,20H,6,15-16H2,1-5H3,(H,26,29)/t20-/m0/s1. The van der Waals surface area contributed by atoms with Gasteiger partial charge in [-0.2, -0.15) is 0 Å². The SMILES string of the molecule is CC[C@@H](C(=O)NC(C)(C)C)N(Cc1ccc(F)cc1)C(=O)COc1ccccc1C. The lowest BCUT2D eigenvalue weighted by Gasteiger charge is -2.33. The van der Waals surface area contributed by atoms with Gasteiger partial charge in [0.15, 0.2) is 6.61 Å². The van der Waals surface area contributed by atoms with Crippen LogP contribution in [0.1, 0.15) is 45.2 Å². The fourth-order valence-electron chi connectivity index (χ4n) is 3.10. The Morgan fingerprint density at radius 1 is 1.10 bits per heavy atom. The zero-order valence-electron chi connectivity index (χ0n) is 18.4. The van der Waals surface area contributed by atoms with Gasteiger partial charge >= 0.3 is 0 Å². The number of amides is 2. The molecule has 162 valence electrons. The Hall–Kier alpha value is -2.89. The van der Waals surface area contributed by atoms with Gasteiger partial charge in [0.2, 0.25) is 5.91 Å². The molecule has 0 aliphatic rings. The summed E-state index contributed by atoms with van der Waals surface area (Å²) in [6, 6.07) is 12.7. The molecule has 0 spiro atoms. The third kappa shape index (κ3) is 6.87. The second kappa shape index (κ2) is 10.2. The molecule has 5 nitrogen and oxygen atoms in total. The van der Waals surface area contributed by atoms with E-state index in [1.165, 1.54) is 17.0 Å². The van der Waals surface area contributed by atoms with Crippen molar-refractivity contribution >= 4 is 11.8 Å². The number of ether oxygens (including phenoxy) is 1. The van der Waals surface area contributed by atoms with Crippen molar-refractivity contribution in [3.63, 3.8) is 0 Å². The first-order valence-electron chi connectivity index (χ1n) is 10.1. The van der Waals surface area contributed by atoms with Crippen molar-refractivity contribution in [3.8, 4) is 5.75 Å². The number of nitrogens with one attached hydrogen (secondary N) is 1. The van der Waals surface area contributed by atoms with E-state index in [0.29, 0.717) is 12.2 Å². The summed E-state index contributed by atoms with van der Waals surface area (Å²) < 4.78 is 19.0. The molecule has 0 bridgehead atoms. The Bertz CT molecular complexity index is 859. The van der Waals surface area contributed by atoms with E-state index in [2.05, 4.69) is 5.32 Å². The minimum Gasteiger partial charge on any atom is -0.484 e. The van der Waals surface area contributed by atoms with E-state index < -0.39 is 11.6 Å². The molecule has 0 aliphatic carbocycles. The van der Waals surface area contributed by atoms with Crippen LogP contribution in [0.4, 0.5) is 4.39 Å². The predicted molar refractivity (Wildman–Crippen MR) is 116 cm³/mol. The summed E-state index contributed by atoms with van der Waals surface area (Å²) in [7, 11) is 0. The number of benzene rings is 2. The number of hydrogen-bond acceptors (Lipinski definition) is 3. The molecule has 0 aliphatic heterocycles. The Kier molecular flexibility index (Phi) is 7.98. The van der Waals surface area contributed by atoms with Crippen LogP contribution in [0.5, 0.6) is 5.75 Å². The van der Waals surface area contributed by atoms with Crippen LogP contribution in [0.2, 0.25) is 0 Å². The van der Waals surface area contributed by atoms with E-state index in [4.69, 9.17) is 4.74 Å². The van der Waals surface area contributed by atoms with Crippen molar-refractivity contribution in [1.29, 1.82) is 0 Å². The normalized spacial score (nSPS) is 12.2. The van der Waals surface area contributed by atoms with E-state index >= 15 is 0 Å². The molecule has 0 radical (unpaired) electrons. The molecule has 2 amide bonds. The summed E-state index contributed by atoms with van der Waals surface area (Å²) in [4.78, 5) is 27.5. The van der Waals surface area contributed by atoms with Crippen LogP contribution >= 0.6 is 0 Å². The zero-order chi connectivity index (χ0) is 22.3. The van der Waals surface area contributed by atoms with E-state index in [-0.39, 0.29) is 30.8 Å². The number of rotatable bonds is 8. The van der Waals surface area contributed by atoms with Gasteiger partial charge in [-0.3, -0.25) is 9.59 Å². The second-order valence-electron chi connectivity index (χ2n) is 8.37. The van der Waals surface area contributed by atoms with E-state index in [1.807, 2.05) is 52.8 Å². The first-order valence-corrected chi connectivity index (χ1v) is 10.1. The third-order valence-corrected chi connectivity index (χ3v) is 4.60. The van der Waals surface area contributed by atoms with Gasteiger partial charge in [0.1, 0.15) is 17.6 Å². The Balaban J connectivity index is 2.24. The van der Waals surface area contributed by atoms with Crippen LogP contribution < -0.4 is 10.1 Å². The fraction of sp³-hybridized carbons (Fsp3) is 0.417. The minimum atomic E-state index is -0.665. The Morgan fingerprint density at radius 2 is 1.73 bits per heavy atom. The fourth-order valence-corrected chi connectivity index (χ4v) is 3.10. The first-order chi connectivity index (χ1) is 14.1. The maximum Gasteiger partial charge on any atom is 0.261 e. The van der Waals surface area contributed by atoms with Crippen molar-refractivity contribution < 1.29 is 18.7 Å². The average Bonchev–Trinajstić information content (AvgIpc) is 2.67. The van der Waals surface area contributed by atoms with Gasteiger partial charge in [-0.15, -0.1) is 0 Å². The van der Waals surface area contributed by atoms with Crippen LogP contribution in [-0.4, -0.2) is 34.9 Å². The molecule has 0 heterocycles. The lowest BCUT2D eigenvalue weighted by atomic mass is 10.1. The molecule has 2 aromatic carbocycles. The van der Waals surface area contributed by atoms with E-state index in [9.17, 15) is 14.0 Å². The van der Waals surface area contributed by atoms with Crippen LogP contribution in [-0.2, 0) is 16.1 Å².